The lowest BCUT2D eigenvalue weighted by molar-refractivity contribution is 0.195. The molecule has 0 amide bonds. The van der Waals surface area contributed by atoms with Gasteiger partial charge in [0.25, 0.3) is 0 Å². The van der Waals surface area contributed by atoms with Crippen LogP contribution in [0.2, 0.25) is 0 Å². The van der Waals surface area contributed by atoms with Gasteiger partial charge >= 0.3 is 0 Å². The van der Waals surface area contributed by atoms with Crippen molar-refractivity contribution in [3.63, 3.8) is 0 Å². The van der Waals surface area contributed by atoms with Crippen molar-refractivity contribution in [1.29, 1.82) is 0 Å². The smallest absolute Gasteiger partial charge is 0.000983 e. The lowest BCUT2D eigenvalue weighted by Gasteiger charge is -2.38. The van der Waals surface area contributed by atoms with Gasteiger partial charge in [0, 0.05) is 6.54 Å². The first kappa shape index (κ1) is 15.6. The van der Waals surface area contributed by atoms with Crippen LogP contribution in [0.25, 0.3) is 5.57 Å². The molecule has 0 N–H and O–H groups in total. The topological polar surface area (TPSA) is 3.24 Å². The number of nitrogens with zero attached hydrogens (tertiary/aromatic N) is 1. The number of allylic oxidation sites excluding steroid dienone is 3. The third-order valence-corrected chi connectivity index (χ3v) is 5.56. The van der Waals surface area contributed by atoms with Gasteiger partial charge in [-0.05, 0) is 92.4 Å². The summed E-state index contributed by atoms with van der Waals surface area (Å²) in [5.41, 5.74) is 10.2. The fourth-order valence-corrected chi connectivity index (χ4v) is 4.71. The molecule has 1 aliphatic carbocycles. The van der Waals surface area contributed by atoms with E-state index in [1.54, 1.807) is 11.1 Å². The molecule has 118 valence electrons. The van der Waals surface area contributed by atoms with Gasteiger partial charge in [-0.25, -0.2) is 0 Å². The largest absolute Gasteiger partial charge is 0.306 e. The number of likely N-dealkylation sites (tertiary alicyclic amines) is 1. The maximum Gasteiger partial charge on any atom is 0.000983 e. The molecular formula is C21H29N. The maximum atomic E-state index is 4.33. The van der Waals surface area contributed by atoms with Gasteiger partial charge in [-0.15, -0.1) is 0 Å². The molecule has 1 heterocycles. The van der Waals surface area contributed by atoms with Crippen LogP contribution in [0.1, 0.15) is 54.0 Å². The van der Waals surface area contributed by atoms with Crippen molar-refractivity contribution in [2.45, 2.75) is 46.5 Å². The zero-order chi connectivity index (χ0) is 16.0. The maximum absolute atomic E-state index is 4.33. The summed E-state index contributed by atoms with van der Waals surface area (Å²) >= 11 is 0. The number of fused-ring (bicyclic) bond motifs is 1. The first-order valence-corrected chi connectivity index (χ1v) is 8.56. The van der Waals surface area contributed by atoms with Crippen LogP contribution in [0.3, 0.4) is 0 Å². The molecule has 22 heavy (non-hydrogen) atoms. The van der Waals surface area contributed by atoms with Crippen molar-refractivity contribution in [3.05, 3.63) is 52.1 Å². The first-order chi connectivity index (χ1) is 10.4. The monoisotopic (exact) mass is 295 g/mol. The van der Waals surface area contributed by atoms with E-state index in [0.717, 1.165) is 12.3 Å². The minimum Gasteiger partial charge on any atom is -0.306 e. The predicted molar refractivity (Wildman–Crippen MR) is 96.4 cm³/mol. The van der Waals surface area contributed by atoms with Gasteiger partial charge in [0.2, 0.25) is 0 Å². The van der Waals surface area contributed by atoms with Crippen LogP contribution in [0.15, 0.2) is 24.3 Å². The Kier molecular flexibility index (Phi) is 4.03. The SMILES string of the molecule is C=C1C=C(C)Cc2c1c(C)cc(C)c2C1CCN(C)CC1C. The molecule has 1 heteroatoms. The molecule has 0 saturated carbocycles. The molecule has 2 unspecified atom stereocenters. The predicted octanol–water partition coefficient (Wildman–Crippen LogP) is 4.87. The van der Waals surface area contributed by atoms with Gasteiger partial charge in [-0.2, -0.15) is 0 Å². The summed E-state index contributed by atoms with van der Waals surface area (Å²) in [4.78, 5) is 2.47. The van der Waals surface area contributed by atoms with E-state index in [9.17, 15) is 0 Å². The van der Waals surface area contributed by atoms with Crippen LogP contribution >= 0.6 is 0 Å². The Labute approximate surface area is 135 Å². The van der Waals surface area contributed by atoms with Crippen molar-refractivity contribution in [2.75, 3.05) is 20.1 Å². The van der Waals surface area contributed by atoms with Crippen LogP contribution < -0.4 is 0 Å². The second kappa shape index (κ2) is 5.70. The van der Waals surface area contributed by atoms with E-state index in [2.05, 4.69) is 58.4 Å². The van der Waals surface area contributed by atoms with Gasteiger partial charge in [0.15, 0.2) is 0 Å². The molecule has 0 radical (unpaired) electrons. The van der Waals surface area contributed by atoms with Crippen molar-refractivity contribution in [2.24, 2.45) is 5.92 Å². The van der Waals surface area contributed by atoms with E-state index in [4.69, 9.17) is 0 Å². The average Bonchev–Trinajstić information content (AvgIpc) is 2.39. The molecule has 2 aliphatic rings. The highest BCUT2D eigenvalue weighted by Gasteiger charge is 2.30. The fraction of sp³-hybridized carbons (Fsp3) is 0.524. The Balaban J connectivity index is 2.13. The first-order valence-electron chi connectivity index (χ1n) is 8.56. The zero-order valence-corrected chi connectivity index (χ0v) is 14.8. The molecule has 3 rings (SSSR count). The molecule has 2 atom stereocenters. The fourth-order valence-electron chi connectivity index (χ4n) is 4.71. The van der Waals surface area contributed by atoms with E-state index in [-0.39, 0.29) is 0 Å². The lowest BCUT2D eigenvalue weighted by atomic mass is 9.73. The molecule has 1 aromatic carbocycles. The zero-order valence-electron chi connectivity index (χ0n) is 14.8. The van der Waals surface area contributed by atoms with Gasteiger partial charge in [0.05, 0.1) is 0 Å². The molecule has 0 aromatic heterocycles. The quantitative estimate of drug-likeness (QED) is 0.714. The number of rotatable bonds is 1. The number of piperidine rings is 1. The van der Waals surface area contributed by atoms with E-state index in [1.807, 2.05) is 0 Å². The second-order valence-corrected chi connectivity index (χ2v) is 7.60. The summed E-state index contributed by atoms with van der Waals surface area (Å²) in [7, 11) is 2.25. The summed E-state index contributed by atoms with van der Waals surface area (Å²) in [5.74, 6) is 1.42. The normalized spacial score (nSPS) is 25.9. The third-order valence-electron chi connectivity index (χ3n) is 5.56. The molecule has 1 aromatic rings. The highest BCUT2D eigenvalue weighted by Crippen LogP contribution is 2.42. The minimum atomic E-state index is 0.698. The summed E-state index contributed by atoms with van der Waals surface area (Å²) < 4.78 is 0. The minimum absolute atomic E-state index is 0.698. The molecule has 1 aliphatic heterocycles. The Hall–Kier alpha value is -1.34. The number of hydrogen-bond donors (Lipinski definition) is 0. The van der Waals surface area contributed by atoms with Crippen molar-refractivity contribution < 1.29 is 0 Å². The lowest BCUT2D eigenvalue weighted by Crippen LogP contribution is -2.36. The average molecular weight is 295 g/mol. The summed E-state index contributed by atoms with van der Waals surface area (Å²) in [5, 5.41) is 0. The summed E-state index contributed by atoms with van der Waals surface area (Å²) in [6.45, 7) is 16.0. The molecule has 0 bridgehead atoms. The highest BCUT2D eigenvalue weighted by molar-refractivity contribution is 5.81. The molecular weight excluding hydrogens is 266 g/mol. The standard InChI is InChI=1S/C21H29N/c1-13-9-14(2)20-15(3)11-16(4)21(19(20)10-13)18-7-8-22(6)12-17(18)5/h9,11,17-18H,2,7-8,10,12H2,1,3-6H3. The van der Waals surface area contributed by atoms with Crippen LogP contribution in [0, 0.1) is 19.8 Å². The Morgan fingerprint density at radius 1 is 1.18 bits per heavy atom. The second-order valence-electron chi connectivity index (χ2n) is 7.60. The van der Waals surface area contributed by atoms with E-state index in [0.29, 0.717) is 5.92 Å². The van der Waals surface area contributed by atoms with Crippen LogP contribution in [0.5, 0.6) is 0 Å². The third kappa shape index (κ3) is 2.56. The van der Waals surface area contributed by atoms with E-state index >= 15 is 0 Å². The summed E-state index contributed by atoms with van der Waals surface area (Å²) in [6.07, 6.45) is 4.65. The van der Waals surface area contributed by atoms with Gasteiger partial charge in [-0.3, -0.25) is 0 Å². The molecule has 0 spiro atoms. The van der Waals surface area contributed by atoms with Crippen molar-refractivity contribution in [1.82, 2.24) is 4.90 Å². The van der Waals surface area contributed by atoms with Gasteiger partial charge in [0.1, 0.15) is 0 Å². The highest BCUT2D eigenvalue weighted by atomic mass is 15.1. The van der Waals surface area contributed by atoms with Crippen molar-refractivity contribution in [3.8, 4) is 0 Å². The Morgan fingerprint density at radius 3 is 2.59 bits per heavy atom. The number of hydrogen-bond acceptors (Lipinski definition) is 1. The van der Waals surface area contributed by atoms with Crippen LogP contribution in [-0.4, -0.2) is 25.0 Å². The number of aryl methyl sites for hydroxylation is 2. The van der Waals surface area contributed by atoms with E-state index < -0.39 is 0 Å². The molecule has 1 saturated heterocycles. The Morgan fingerprint density at radius 2 is 1.91 bits per heavy atom. The van der Waals surface area contributed by atoms with Gasteiger partial charge < -0.3 is 4.90 Å². The number of benzene rings is 1. The Bertz CT molecular complexity index is 650. The van der Waals surface area contributed by atoms with E-state index in [1.165, 1.54) is 47.3 Å². The molecule has 1 fully saturated rings. The van der Waals surface area contributed by atoms with Crippen LogP contribution in [-0.2, 0) is 6.42 Å². The molecule has 1 nitrogen and oxygen atoms in total. The van der Waals surface area contributed by atoms with Crippen LogP contribution in [0.4, 0.5) is 0 Å². The van der Waals surface area contributed by atoms with Gasteiger partial charge in [-0.1, -0.05) is 31.2 Å². The summed E-state index contributed by atoms with van der Waals surface area (Å²) in [6, 6.07) is 2.39. The van der Waals surface area contributed by atoms with Crippen molar-refractivity contribution >= 4 is 5.57 Å².